The van der Waals surface area contributed by atoms with Crippen molar-refractivity contribution in [1.82, 2.24) is 16.0 Å². The van der Waals surface area contributed by atoms with E-state index in [1.54, 1.807) is 42.5 Å². The topological polar surface area (TPSA) is 279 Å². The fourth-order valence-electron chi connectivity index (χ4n) is 3.99. The minimum Gasteiger partial charge on any atom is -0.508 e. The monoisotopic (exact) mass is 596 g/mol. The zero-order valence-electron chi connectivity index (χ0n) is 23.9. The first-order chi connectivity index (χ1) is 20.3. The first kappa shape index (κ1) is 33.9. The van der Waals surface area contributed by atoms with E-state index in [4.69, 9.17) is 28.7 Å². The molecule has 0 aliphatic carbocycles. The van der Waals surface area contributed by atoms with Gasteiger partial charge < -0.3 is 49.7 Å². The van der Waals surface area contributed by atoms with Crippen molar-refractivity contribution in [3.05, 3.63) is 65.7 Å². The van der Waals surface area contributed by atoms with E-state index in [1.807, 2.05) is 0 Å². The number of nitrogens with zero attached hydrogens (tertiary/aromatic N) is 2. The minimum absolute atomic E-state index is 0.0448. The van der Waals surface area contributed by atoms with Crippen LogP contribution in [0.3, 0.4) is 0 Å². The molecule has 0 aliphatic rings. The van der Waals surface area contributed by atoms with Crippen molar-refractivity contribution in [3.8, 4) is 5.75 Å². The molecule has 0 aliphatic heterocycles. The minimum atomic E-state index is -1.14. The normalized spacial score (nSPS) is 13.3. The Hall–Kier alpha value is -5.34. The Morgan fingerprint density at radius 2 is 1.33 bits per heavy atom. The first-order valence-corrected chi connectivity index (χ1v) is 13.5. The second-order valence-electron chi connectivity index (χ2n) is 9.83. The van der Waals surface area contributed by atoms with Crippen molar-refractivity contribution in [2.45, 2.75) is 56.8 Å². The summed E-state index contributed by atoms with van der Waals surface area (Å²) in [5.41, 5.74) is 28.6. The van der Waals surface area contributed by atoms with Gasteiger partial charge in [-0.3, -0.25) is 24.2 Å². The average molecular weight is 597 g/mol. The summed E-state index contributed by atoms with van der Waals surface area (Å²) < 4.78 is 0. The predicted molar refractivity (Wildman–Crippen MR) is 162 cm³/mol. The van der Waals surface area contributed by atoms with Crippen LogP contribution in [0.15, 0.2) is 64.6 Å². The van der Waals surface area contributed by atoms with Gasteiger partial charge in [-0.25, -0.2) is 4.99 Å². The summed E-state index contributed by atoms with van der Waals surface area (Å²) in [5, 5.41) is 17.4. The summed E-state index contributed by atoms with van der Waals surface area (Å²) in [7, 11) is 0. The highest BCUT2D eigenvalue weighted by atomic mass is 16.3. The van der Waals surface area contributed by atoms with E-state index >= 15 is 0 Å². The smallest absolute Gasteiger partial charge is 0.245 e. The van der Waals surface area contributed by atoms with Crippen LogP contribution in [0.1, 0.15) is 30.9 Å². The van der Waals surface area contributed by atoms with E-state index in [-0.39, 0.29) is 43.5 Å². The van der Waals surface area contributed by atoms with Crippen molar-refractivity contribution in [2.24, 2.45) is 38.7 Å². The highest BCUT2D eigenvalue weighted by Crippen LogP contribution is 2.13. The SMILES string of the molecule is C[C@H](NC(=O)[C@H](Cc1ccccc1)NC(=O)[C@@H](CCCN=C(N)N)NC(=O)[C@H](Cc1ccc(O)cc1)N=C(N)N)C(N)=O. The van der Waals surface area contributed by atoms with Crippen molar-refractivity contribution in [3.63, 3.8) is 0 Å². The lowest BCUT2D eigenvalue weighted by atomic mass is 10.0. The molecule has 4 atom stereocenters. The van der Waals surface area contributed by atoms with Gasteiger partial charge in [-0.1, -0.05) is 42.5 Å². The number of aliphatic imine (C=N–C) groups is 2. The molecule has 0 bridgehead atoms. The number of rotatable bonds is 16. The van der Waals surface area contributed by atoms with Crippen LogP contribution in [0.2, 0.25) is 0 Å². The molecule has 0 unspecified atom stereocenters. The maximum atomic E-state index is 13.6. The lowest BCUT2D eigenvalue weighted by Gasteiger charge is -2.25. The first-order valence-electron chi connectivity index (χ1n) is 13.5. The van der Waals surface area contributed by atoms with Gasteiger partial charge in [0, 0.05) is 19.4 Å². The zero-order chi connectivity index (χ0) is 31.9. The third-order valence-corrected chi connectivity index (χ3v) is 6.25. The Balaban J connectivity index is 2.31. The third kappa shape index (κ3) is 12.4. The number of amides is 4. The Kier molecular flexibility index (Phi) is 13.2. The number of phenols is 1. The van der Waals surface area contributed by atoms with Crippen LogP contribution in [0.4, 0.5) is 0 Å². The van der Waals surface area contributed by atoms with Gasteiger partial charge in [0.05, 0.1) is 0 Å². The summed E-state index contributed by atoms with van der Waals surface area (Å²) in [6.07, 6.45) is 0.557. The molecule has 0 saturated carbocycles. The number of hydrogen-bond donors (Lipinski definition) is 9. The van der Waals surface area contributed by atoms with E-state index in [9.17, 15) is 24.3 Å². The van der Waals surface area contributed by atoms with Gasteiger partial charge in [0.2, 0.25) is 23.6 Å². The highest BCUT2D eigenvalue weighted by molar-refractivity contribution is 5.95. The lowest BCUT2D eigenvalue weighted by Crippen LogP contribution is -2.57. The average Bonchev–Trinajstić information content (AvgIpc) is 2.95. The van der Waals surface area contributed by atoms with E-state index in [0.717, 1.165) is 5.56 Å². The van der Waals surface area contributed by atoms with Gasteiger partial charge in [0.1, 0.15) is 29.9 Å². The summed E-state index contributed by atoms with van der Waals surface area (Å²) in [6, 6.07) is 10.7. The third-order valence-electron chi connectivity index (χ3n) is 6.25. The number of aromatic hydroxyl groups is 1. The highest BCUT2D eigenvalue weighted by Gasteiger charge is 2.30. The zero-order valence-corrected chi connectivity index (χ0v) is 23.9. The molecule has 0 aromatic heterocycles. The van der Waals surface area contributed by atoms with Crippen LogP contribution in [-0.4, -0.2) is 71.4 Å². The molecular weight excluding hydrogens is 556 g/mol. The molecule has 4 amide bonds. The summed E-state index contributed by atoms with van der Waals surface area (Å²) in [6.45, 7) is 1.60. The molecule has 0 fully saturated rings. The van der Waals surface area contributed by atoms with Crippen LogP contribution in [0.5, 0.6) is 5.75 Å². The second-order valence-corrected chi connectivity index (χ2v) is 9.83. The molecule has 0 heterocycles. The molecular formula is C28H40N10O5. The van der Waals surface area contributed by atoms with Gasteiger partial charge in [0.25, 0.3) is 0 Å². The molecule has 2 aromatic rings. The maximum Gasteiger partial charge on any atom is 0.245 e. The fraction of sp³-hybridized carbons (Fsp3) is 0.357. The Morgan fingerprint density at radius 3 is 1.91 bits per heavy atom. The van der Waals surface area contributed by atoms with Crippen LogP contribution >= 0.6 is 0 Å². The summed E-state index contributed by atoms with van der Waals surface area (Å²) >= 11 is 0. The van der Waals surface area contributed by atoms with Crippen molar-refractivity contribution in [2.75, 3.05) is 6.54 Å². The van der Waals surface area contributed by atoms with E-state index < -0.39 is 47.8 Å². The van der Waals surface area contributed by atoms with Gasteiger partial charge in [-0.15, -0.1) is 0 Å². The Bertz CT molecular complexity index is 1290. The van der Waals surface area contributed by atoms with Crippen molar-refractivity contribution in [1.29, 1.82) is 0 Å². The number of carbonyl (C=O) groups is 4. The molecule has 14 N–H and O–H groups in total. The van der Waals surface area contributed by atoms with E-state index in [2.05, 4.69) is 25.9 Å². The second kappa shape index (κ2) is 16.8. The van der Waals surface area contributed by atoms with Crippen molar-refractivity contribution < 1.29 is 24.3 Å². The number of hydrogen-bond acceptors (Lipinski definition) is 7. The Morgan fingerprint density at radius 1 is 0.744 bits per heavy atom. The maximum absolute atomic E-state index is 13.6. The van der Waals surface area contributed by atoms with Crippen molar-refractivity contribution >= 4 is 35.5 Å². The molecule has 2 aromatic carbocycles. The largest absolute Gasteiger partial charge is 0.508 e. The molecule has 0 saturated heterocycles. The Labute approximate surface area is 249 Å². The molecule has 43 heavy (non-hydrogen) atoms. The molecule has 15 heteroatoms. The molecule has 232 valence electrons. The van der Waals surface area contributed by atoms with Gasteiger partial charge in [-0.2, -0.15) is 0 Å². The van der Waals surface area contributed by atoms with E-state index in [1.165, 1.54) is 19.1 Å². The summed E-state index contributed by atoms with van der Waals surface area (Å²) in [4.78, 5) is 59.5. The lowest BCUT2D eigenvalue weighted by molar-refractivity contribution is -0.133. The number of guanidine groups is 2. The molecule has 0 spiro atoms. The van der Waals surface area contributed by atoms with Crippen LogP contribution in [0, 0.1) is 0 Å². The molecule has 15 nitrogen and oxygen atoms in total. The number of nitrogens with two attached hydrogens (primary N) is 5. The number of phenolic OH excluding ortho intramolecular Hbond substituents is 1. The van der Waals surface area contributed by atoms with Crippen LogP contribution in [0.25, 0.3) is 0 Å². The van der Waals surface area contributed by atoms with Gasteiger partial charge in [0.15, 0.2) is 11.9 Å². The number of carbonyl (C=O) groups excluding carboxylic acids is 4. The quantitative estimate of drug-likeness (QED) is 0.0578. The van der Waals surface area contributed by atoms with Gasteiger partial charge in [-0.05, 0) is 43.0 Å². The predicted octanol–water partition coefficient (Wildman–Crippen LogP) is -2.17. The van der Waals surface area contributed by atoms with Gasteiger partial charge >= 0.3 is 0 Å². The number of primary amides is 1. The summed E-state index contributed by atoms with van der Waals surface area (Å²) in [5.74, 6) is -3.14. The van der Waals surface area contributed by atoms with E-state index in [0.29, 0.717) is 12.0 Å². The van der Waals surface area contributed by atoms with Crippen LogP contribution in [-0.2, 0) is 32.0 Å². The standard InChI is InChI=1S/C28H40N10O5/c1-16(23(29)40)35-25(42)21(14-17-6-3-2-4-7-17)37-24(41)20(8-5-13-34-27(30)31)36-26(43)22(38-28(32)33)15-18-9-11-19(39)12-10-18/h2-4,6-7,9-12,16,20-22,39H,5,8,13-15H2,1H3,(H2,29,40)(H,35,42)(H,36,43)(H,37,41)(H4,30,31,34)(H4,32,33,38)/t16-,20+,21-,22-/m0/s1. The fourth-order valence-corrected chi connectivity index (χ4v) is 3.99. The number of nitrogens with one attached hydrogen (secondary N) is 3. The number of benzene rings is 2. The molecule has 2 rings (SSSR count). The van der Waals surface area contributed by atoms with Crippen LogP contribution < -0.4 is 44.6 Å². The molecule has 0 radical (unpaired) electrons.